The third-order valence-corrected chi connectivity index (χ3v) is 4.53. The minimum atomic E-state index is -0.130. The van der Waals surface area contributed by atoms with Crippen molar-refractivity contribution in [1.29, 1.82) is 0 Å². The zero-order valence-corrected chi connectivity index (χ0v) is 14.7. The van der Waals surface area contributed by atoms with Crippen molar-refractivity contribution in [1.82, 2.24) is 29.1 Å². The Balaban J connectivity index is 1.62. The van der Waals surface area contributed by atoms with Gasteiger partial charge >= 0.3 is 0 Å². The maximum Gasteiger partial charge on any atom is 0.198 e. The van der Waals surface area contributed by atoms with Crippen LogP contribution >= 0.6 is 0 Å². The molecule has 5 rings (SSSR count). The van der Waals surface area contributed by atoms with Gasteiger partial charge in [0.1, 0.15) is 0 Å². The molecule has 5 aromatic rings. The first-order valence-corrected chi connectivity index (χ1v) is 8.67. The molecule has 7 nitrogen and oxygen atoms in total. The maximum atomic E-state index is 12.8. The first-order valence-electron chi connectivity index (χ1n) is 8.67. The monoisotopic (exact) mass is 366 g/mol. The molecule has 4 heterocycles. The largest absolute Gasteiger partial charge is 0.306 e. The summed E-state index contributed by atoms with van der Waals surface area (Å²) in [5.74, 6) is -0.130. The van der Waals surface area contributed by atoms with Crippen molar-refractivity contribution in [3.05, 3.63) is 97.1 Å². The van der Waals surface area contributed by atoms with Crippen molar-refractivity contribution in [2.24, 2.45) is 0 Å². The molecule has 0 N–H and O–H groups in total. The highest BCUT2D eigenvalue weighted by atomic mass is 16.1. The van der Waals surface area contributed by atoms with Crippen LogP contribution in [0.2, 0.25) is 0 Å². The van der Waals surface area contributed by atoms with Crippen molar-refractivity contribution in [3.63, 3.8) is 0 Å². The zero-order chi connectivity index (χ0) is 18.9. The lowest BCUT2D eigenvalue weighted by Gasteiger charge is -2.08. The molecule has 0 atom stereocenters. The predicted molar refractivity (Wildman–Crippen MR) is 103 cm³/mol. The van der Waals surface area contributed by atoms with Crippen LogP contribution in [0.15, 0.2) is 86.0 Å². The highest BCUT2D eigenvalue weighted by Crippen LogP contribution is 2.24. The Labute approximate surface area is 160 Å². The molecule has 0 unspecified atom stereocenters. The van der Waals surface area contributed by atoms with Crippen molar-refractivity contribution in [2.45, 2.75) is 0 Å². The average molecular weight is 366 g/mol. The first-order chi connectivity index (χ1) is 13.8. The van der Waals surface area contributed by atoms with Gasteiger partial charge in [-0.05, 0) is 30.3 Å². The van der Waals surface area contributed by atoms with E-state index in [0.29, 0.717) is 16.8 Å². The van der Waals surface area contributed by atoms with Crippen molar-refractivity contribution in [3.8, 4) is 16.9 Å². The van der Waals surface area contributed by atoms with Crippen molar-refractivity contribution >= 4 is 11.4 Å². The second kappa shape index (κ2) is 6.55. The SMILES string of the molecule is O=C(c1ccncc1)c1cnn2c(-c3cccc(-n4ccnc4)c3)ccnc12. The Kier molecular flexibility index (Phi) is 3.76. The predicted octanol–water partition coefficient (Wildman–Crippen LogP) is 3.21. The van der Waals surface area contributed by atoms with Gasteiger partial charge in [-0.2, -0.15) is 5.10 Å². The number of nitrogens with zero attached hydrogens (tertiary/aromatic N) is 6. The fourth-order valence-corrected chi connectivity index (χ4v) is 3.17. The third kappa shape index (κ3) is 2.66. The Bertz CT molecular complexity index is 1280. The second-order valence-electron chi connectivity index (χ2n) is 6.21. The van der Waals surface area contributed by atoms with Crippen LogP contribution in [0.4, 0.5) is 0 Å². The maximum absolute atomic E-state index is 12.8. The Morgan fingerprint density at radius 1 is 0.929 bits per heavy atom. The fourth-order valence-electron chi connectivity index (χ4n) is 3.17. The highest BCUT2D eigenvalue weighted by Gasteiger charge is 2.17. The van der Waals surface area contributed by atoms with E-state index in [-0.39, 0.29) is 5.78 Å². The number of rotatable bonds is 4. The van der Waals surface area contributed by atoms with Gasteiger partial charge in [-0.25, -0.2) is 14.5 Å². The topological polar surface area (TPSA) is 78.0 Å². The molecule has 0 aliphatic heterocycles. The molecular formula is C21H14N6O. The summed E-state index contributed by atoms with van der Waals surface area (Å²) >= 11 is 0. The molecule has 134 valence electrons. The van der Waals surface area contributed by atoms with Crippen LogP contribution in [0.5, 0.6) is 0 Å². The molecule has 0 saturated carbocycles. The van der Waals surface area contributed by atoms with E-state index in [1.54, 1.807) is 54.0 Å². The van der Waals surface area contributed by atoms with Gasteiger partial charge in [-0.1, -0.05) is 12.1 Å². The summed E-state index contributed by atoms with van der Waals surface area (Å²) in [6, 6.07) is 13.3. The number of hydrogen-bond acceptors (Lipinski definition) is 5. The lowest BCUT2D eigenvalue weighted by atomic mass is 10.1. The van der Waals surface area contributed by atoms with E-state index in [4.69, 9.17) is 0 Å². The quantitative estimate of drug-likeness (QED) is 0.457. The summed E-state index contributed by atoms with van der Waals surface area (Å²) in [6.45, 7) is 0. The molecule has 0 aliphatic carbocycles. The number of carbonyl (C=O) groups excluding carboxylic acids is 1. The van der Waals surface area contributed by atoms with Crippen LogP contribution in [0, 0.1) is 0 Å². The molecule has 28 heavy (non-hydrogen) atoms. The minimum Gasteiger partial charge on any atom is -0.306 e. The molecule has 0 saturated heterocycles. The van der Waals surface area contributed by atoms with Gasteiger partial charge in [0.2, 0.25) is 0 Å². The standard InChI is InChI=1S/C21H14N6O/c28-20(15-4-7-22-8-5-15)18-13-25-27-19(6-9-24-21(18)27)16-2-1-3-17(12-16)26-11-10-23-14-26/h1-14H. The summed E-state index contributed by atoms with van der Waals surface area (Å²) in [7, 11) is 0. The van der Waals surface area contributed by atoms with Crippen LogP contribution < -0.4 is 0 Å². The molecule has 0 aliphatic rings. The van der Waals surface area contributed by atoms with Gasteiger partial charge in [0.05, 0.1) is 23.8 Å². The molecule has 0 bridgehead atoms. The van der Waals surface area contributed by atoms with Crippen LogP contribution in [0.25, 0.3) is 22.6 Å². The number of aromatic nitrogens is 6. The van der Waals surface area contributed by atoms with Gasteiger partial charge < -0.3 is 4.57 Å². The van der Waals surface area contributed by atoms with Gasteiger partial charge in [0, 0.05) is 47.8 Å². The van der Waals surface area contributed by atoms with Crippen molar-refractivity contribution in [2.75, 3.05) is 0 Å². The highest BCUT2D eigenvalue weighted by molar-refractivity contribution is 6.12. The Hall–Kier alpha value is -4.13. The number of hydrogen-bond donors (Lipinski definition) is 0. The van der Waals surface area contributed by atoms with E-state index in [0.717, 1.165) is 16.9 Å². The van der Waals surface area contributed by atoms with E-state index in [2.05, 4.69) is 20.1 Å². The van der Waals surface area contributed by atoms with Crippen LogP contribution in [0.1, 0.15) is 15.9 Å². The molecule has 0 amide bonds. The molecule has 0 fully saturated rings. The molecular weight excluding hydrogens is 352 g/mol. The number of fused-ring (bicyclic) bond motifs is 1. The van der Waals surface area contributed by atoms with Crippen LogP contribution in [-0.2, 0) is 0 Å². The third-order valence-electron chi connectivity index (χ3n) is 4.53. The van der Waals surface area contributed by atoms with E-state index in [9.17, 15) is 4.79 Å². The van der Waals surface area contributed by atoms with Crippen LogP contribution in [-0.4, -0.2) is 34.9 Å². The summed E-state index contributed by atoms with van der Waals surface area (Å²) < 4.78 is 3.63. The fraction of sp³-hybridized carbons (Fsp3) is 0. The van der Waals surface area contributed by atoms with Crippen molar-refractivity contribution < 1.29 is 4.79 Å². The molecule has 4 aromatic heterocycles. The Morgan fingerprint density at radius 3 is 2.64 bits per heavy atom. The second-order valence-corrected chi connectivity index (χ2v) is 6.21. The van der Waals surface area contributed by atoms with E-state index >= 15 is 0 Å². The number of pyridine rings is 1. The number of imidazole rings is 1. The van der Waals surface area contributed by atoms with E-state index in [1.165, 1.54) is 0 Å². The number of ketones is 1. The minimum absolute atomic E-state index is 0.130. The molecule has 0 spiro atoms. The summed E-state index contributed by atoms with van der Waals surface area (Å²) in [4.78, 5) is 25.3. The van der Waals surface area contributed by atoms with Gasteiger partial charge in [-0.15, -0.1) is 0 Å². The van der Waals surface area contributed by atoms with E-state index < -0.39 is 0 Å². The summed E-state index contributed by atoms with van der Waals surface area (Å²) in [5.41, 5.74) is 4.33. The summed E-state index contributed by atoms with van der Waals surface area (Å²) in [6.07, 6.45) is 11.8. The van der Waals surface area contributed by atoms with E-state index in [1.807, 2.05) is 41.1 Å². The molecule has 0 radical (unpaired) electrons. The van der Waals surface area contributed by atoms with Crippen LogP contribution in [0.3, 0.4) is 0 Å². The Morgan fingerprint density at radius 2 is 1.82 bits per heavy atom. The smallest absolute Gasteiger partial charge is 0.198 e. The molecule has 1 aromatic carbocycles. The zero-order valence-electron chi connectivity index (χ0n) is 14.7. The summed E-state index contributed by atoms with van der Waals surface area (Å²) in [5, 5.41) is 4.43. The van der Waals surface area contributed by atoms with Gasteiger partial charge in [-0.3, -0.25) is 9.78 Å². The van der Waals surface area contributed by atoms with Gasteiger partial charge in [0.15, 0.2) is 11.4 Å². The average Bonchev–Trinajstić information content (AvgIpc) is 3.44. The normalized spacial score (nSPS) is 11.0. The number of carbonyl (C=O) groups is 1. The van der Waals surface area contributed by atoms with Gasteiger partial charge in [0.25, 0.3) is 0 Å². The number of benzene rings is 1. The lowest BCUT2D eigenvalue weighted by Crippen LogP contribution is -2.03. The lowest BCUT2D eigenvalue weighted by molar-refractivity contribution is 0.104. The molecule has 7 heteroatoms. The first kappa shape index (κ1) is 16.1.